The van der Waals surface area contributed by atoms with E-state index in [1.807, 2.05) is 0 Å². The average Bonchev–Trinajstić information content (AvgIpc) is 4.09. The lowest BCUT2D eigenvalue weighted by atomic mass is 9.64. The van der Waals surface area contributed by atoms with Crippen molar-refractivity contribution in [3.8, 4) is 0 Å². The van der Waals surface area contributed by atoms with Gasteiger partial charge in [-0.15, -0.1) is 0 Å². The molecule has 342 valence electrons. The first-order chi connectivity index (χ1) is 32.2. The molecule has 10 unspecified atom stereocenters. The Morgan fingerprint density at radius 3 is 1.17 bits per heavy atom. The van der Waals surface area contributed by atoms with Crippen molar-refractivity contribution in [2.75, 3.05) is 0 Å². The minimum absolute atomic E-state index is 0.00328. The molecule has 10 nitrogen and oxygen atoms in total. The number of carbonyl (C=O) groups is 4. The fraction of sp³-hybridized carbons (Fsp3) is 0.630. The monoisotopic (exact) mass is 922 g/mol. The smallest absolute Gasteiger partial charge is 0.210 e. The van der Waals surface area contributed by atoms with Gasteiger partial charge in [0, 0.05) is 46.7 Å². The van der Waals surface area contributed by atoms with Crippen molar-refractivity contribution >= 4 is 78.6 Å². The Labute approximate surface area is 394 Å². The molecule has 10 atom stereocenters. The number of aromatic nitrogens is 2. The predicted molar refractivity (Wildman–Crippen MR) is 253 cm³/mol. The lowest BCUT2D eigenvalue weighted by molar-refractivity contribution is -0.123. The molecule has 2 aromatic rings. The molecule has 0 bridgehead atoms. The highest BCUT2D eigenvalue weighted by atomic mass is 32.1. The number of ketones is 4. The molecule has 8 saturated carbocycles. The highest BCUT2D eigenvalue weighted by Crippen LogP contribution is 2.59. The van der Waals surface area contributed by atoms with Crippen LogP contribution in [0, 0.1) is 59.2 Å². The number of aliphatic imine (C=N–C) groups is 2. The van der Waals surface area contributed by atoms with Gasteiger partial charge in [-0.25, -0.2) is 20.0 Å². The molecule has 0 amide bonds. The van der Waals surface area contributed by atoms with Crippen LogP contribution in [-0.2, 0) is 39.9 Å². The molecule has 12 heteroatoms. The van der Waals surface area contributed by atoms with Gasteiger partial charge in [-0.2, -0.15) is 0 Å². The number of allylic oxidation sites excluding steroid dienone is 6. The van der Waals surface area contributed by atoms with Crippen LogP contribution in [0.15, 0.2) is 45.8 Å². The van der Waals surface area contributed by atoms with Gasteiger partial charge in [0.1, 0.15) is 22.9 Å². The van der Waals surface area contributed by atoms with Gasteiger partial charge in [-0.3, -0.25) is 19.2 Å². The van der Waals surface area contributed by atoms with E-state index in [9.17, 15) is 19.2 Å². The minimum atomic E-state index is -0.584. The van der Waals surface area contributed by atoms with Crippen molar-refractivity contribution in [2.24, 2.45) is 69.2 Å². The van der Waals surface area contributed by atoms with E-state index >= 15 is 0 Å². The quantitative estimate of drug-likeness (QED) is 0.290. The van der Waals surface area contributed by atoms with Crippen LogP contribution in [0.5, 0.6) is 0 Å². The molecule has 12 aliphatic rings. The van der Waals surface area contributed by atoms with Crippen LogP contribution in [0.1, 0.15) is 162 Å². The van der Waals surface area contributed by atoms with Crippen LogP contribution in [0.4, 0.5) is 10.3 Å². The largest absolute Gasteiger partial charge is 0.481 e. The van der Waals surface area contributed by atoms with Gasteiger partial charge in [0.05, 0.1) is 9.75 Å². The topological polar surface area (TPSA) is 137 Å². The van der Waals surface area contributed by atoms with Crippen molar-refractivity contribution in [3.05, 3.63) is 57.0 Å². The Morgan fingerprint density at radius 1 is 0.470 bits per heavy atom. The van der Waals surface area contributed by atoms with E-state index in [4.69, 9.17) is 29.4 Å². The van der Waals surface area contributed by atoms with Gasteiger partial charge < -0.3 is 9.47 Å². The predicted octanol–water partition coefficient (Wildman–Crippen LogP) is 11.6. The Hall–Kier alpha value is -4.16. The van der Waals surface area contributed by atoms with E-state index in [1.54, 1.807) is 0 Å². The van der Waals surface area contributed by atoms with Crippen molar-refractivity contribution in [1.29, 1.82) is 0 Å². The van der Waals surface area contributed by atoms with Crippen LogP contribution >= 0.6 is 22.7 Å². The zero-order chi connectivity index (χ0) is 44.1. The molecule has 2 aromatic heterocycles. The third kappa shape index (κ3) is 6.13. The number of Topliss-reactive ketones (excluding diaryl/α,β-unsaturated/α-hetero) is 4. The molecule has 14 rings (SSSR count). The van der Waals surface area contributed by atoms with Gasteiger partial charge in [-0.05, 0) is 113 Å². The van der Waals surface area contributed by atoms with Gasteiger partial charge >= 0.3 is 0 Å². The third-order valence-electron chi connectivity index (χ3n) is 18.9. The normalized spacial score (nSPS) is 36.7. The molecule has 10 aliphatic carbocycles. The SMILES string of the molecule is O=C1C(=Nc2nc3c(s2)C2=CC4C=C5OC6(CCCCC6)c6nc(N=C7C(=O)C8CC9CCCCC9CC8C7=O)sc6C5=CC4C=C2OC32CCCCC2)C(=O)C2CC3CCCCC3CC12. The summed E-state index contributed by atoms with van der Waals surface area (Å²) in [7, 11) is 0. The second kappa shape index (κ2) is 15.2. The lowest BCUT2D eigenvalue weighted by Gasteiger charge is -2.45. The number of nitrogens with zero attached hydrogens (tertiary/aromatic N) is 4. The number of hydrogen-bond donors (Lipinski definition) is 0. The maximum atomic E-state index is 14.0. The molecule has 8 fully saturated rings. The van der Waals surface area contributed by atoms with E-state index in [-0.39, 0.29) is 70.1 Å². The van der Waals surface area contributed by atoms with Gasteiger partial charge in [0.15, 0.2) is 45.8 Å². The maximum absolute atomic E-state index is 14.0. The first-order valence-electron chi connectivity index (χ1n) is 25.9. The minimum Gasteiger partial charge on any atom is -0.481 e. The average molecular weight is 923 g/mol. The van der Waals surface area contributed by atoms with Crippen molar-refractivity contribution in [1.82, 2.24) is 9.97 Å². The van der Waals surface area contributed by atoms with Crippen LogP contribution in [0.25, 0.3) is 11.1 Å². The van der Waals surface area contributed by atoms with Crippen LogP contribution in [0.2, 0.25) is 0 Å². The summed E-state index contributed by atoms with van der Waals surface area (Å²) >= 11 is 3.01. The molecule has 0 N–H and O–H groups in total. The molecule has 66 heavy (non-hydrogen) atoms. The second-order valence-corrected chi connectivity index (χ2v) is 24.4. The Bertz CT molecular complexity index is 2450. The van der Waals surface area contributed by atoms with Crippen LogP contribution in [-0.4, -0.2) is 44.5 Å². The van der Waals surface area contributed by atoms with E-state index in [0.717, 1.165) is 134 Å². The number of rotatable bonds is 2. The Balaban J connectivity index is 0.808. The van der Waals surface area contributed by atoms with Gasteiger partial charge in [0.2, 0.25) is 10.3 Å². The Kier molecular flexibility index (Phi) is 9.39. The first-order valence-corrected chi connectivity index (χ1v) is 27.5. The lowest BCUT2D eigenvalue weighted by Crippen LogP contribution is -2.38. The van der Waals surface area contributed by atoms with Crippen LogP contribution < -0.4 is 0 Å². The highest BCUT2D eigenvalue weighted by Gasteiger charge is 2.55. The summed E-state index contributed by atoms with van der Waals surface area (Å²) in [5.41, 5.74) is 2.90. The summed E-state index contributed by atoms with van der Waals surface area (Å²) in [4.78, 5) is 78.2. The molecular weight excluding hydrogens is 865 g/mol. The van der Waals surface area contributed by atoms with Gasteiger partial charge in [-0.1, -0.05) is 99.0 Å². The third-order valence-corrected chi connectivity index (χ3v) is 20.9. The number of carbonyl (C=O) groups excluding carboxylic acids is 4. The Morgan fingerprint density at radius 2 is 0.818 bits per heavy atom. The fourth-order valence-corrected chi connectivity index (χ4v) is 17.7. The van der Waals surface area contributed by atoms with E-state index in [0.29, 0.717) is 33.9 Å². The molecule has 2 spiro atoms. The first kappa shape index (κ1) is 40.9. The zero-order valence-corrected chi connectivity index (χ0v) is 39.3. The molecule has 0 saturated heterocycles. The fourth-order valence-electron chi connectivity index (χ4n) is 15.6. The summed E-state index contributed by atoms with van der Waals surface area (Å²) in [6.07, 6.45) is 32.0. The molecule has 2 aliphatic heterocycles. The van der Waals surface area contributed by atoms with E-state index in [1.165, 1.54) is 74.0 Å². The maximum Gasteiger partial charge on any atom is 0.210 e. The van der Waals surface area contributed by atoms with Crippen molar-refractivity contribution in [2.45, 2.75) is 152 Å². The van der Waals surface area contributed by atoms with Crippen LogP contribution in [0.3, 0.4) is 0 Å². The second-order valence-electron chi connectivity index (χ2n) is 22.4. The molecular formula is C54H58N4O6S2. The zero-order valence-electron chi connectivity index (χ0n) is 37.7. The number of hydrogen-bond acceptors (Lipinski definition) is 12. The molecule has 4 heterocycles. The number of thiazole rings is 2. The summed E-state index contributed by atoms with van der Waals surface area (Å²) in [6, 6.07) is 0. The molecule has 0 aromatic carbocycles. The summed E-state index contributed by atoms with van der Waals surface area (Å²) < 4.78 is 14.4. The van der Waals surface area contributed by atoms with Crippen molar-refractivity contribution < 1.29 is 28.7 Å². The summed E-state index contributed by atoms with van der Waals surface area (Å²) in [6.45, 7) is 0. The molecule has 0 radical (unpaired) electrons. The number of ether oxygens (including phenoxy) is 2. The van der Waals surface area contributed by atoms with E-state index in [2.05, 4.69) is 24.3 Å². The number of fused-ring (bicyclic) bond motifs is 13. The summed E-state index contributed by atoms with van der Waals surface area (Å²) in [5, 5.41) is 0.971. The standard InChI is InChI=1S/C54H58N4O6S2/c59-43-33-19-27-11-3-4-12-28(27)20-34(33)44(60)41(43)55-51-57-49-47(65-51)37-23-32-26-40-38(24-31(32)25-39(37)63-53(49)15-7-1-8-16-53)48-50(54(64-40)17-9-2-10-18-54)58-52(66-48)56-42-45(61)35-21-29-13-5-6-14-30(29)22-36(35)46(42)62/h23-36H,1-22H2. The summed E-state index contributed by atoms with van der Waals surface area (Å²) in [5.74, 6) is 2.75. The highest BCUT2D eigenvalue weighted by molar-refractivity contribution is 7.17. The van der Waals surface area contributed by atoms with Gasteiger partial charge in [0.25, 0.3) is 0 Å². The van der Waals surface area contributed by atoms with Crippen molar-refractivity contribution in [3.63, 3.8) is 0 Å². The van der Waals surface area contributed by atoms with E-state index < -0.39 is 11.2 Å².